The molecule has 2 fully saturated rings. The number of urea groups is 1. The summed E-state index contributed by atoms with van der Waals surface area (Å²) in [5.41, 5.74) is 3.73. The summed E-state index contributed by atoms with van der Waals surface area (Å²) in [5.74, 6) is 2.79. The SMILES string of the molecule is O=C(NC1=CC(c2nc(N3CCNCC3)c3c(C4CC4)cncc3n2)=CCN1)Nc1ccccc1. The first-order valence-electron chi connectivity index (χ1n) is 12.1. The van der Waals surface area contributed by atoms with Gasteiger partial charge in [-0.25, -0.2) is 14.8 Å². The maximum atomic E-state index is 12.5. The van der Waals surface area contributed by atoms with Crippen LogP contribution >= 0.6 is 0 Å². The van der Waals surface area contributed by atoms with Gasteiger partial charge in [-0.2, -0.15) is 0 Å². The highest BCUT2D eigenvalue weighted by atomic mass is 16.2. The van der Waals surface area contributed by atoms with Gasteiger partial charge in [0.2, 0.25) is 0 Å². The number of anilines is 2. The van der Waals surface area contributed by atoms with E-state index in [9.17, 15) is 4.79 Å². The molecule has 6 rings (SSSR count). The maximum Gasteiger partial charge on any atom is 0.324 e. The third-order valence-electron chi connectivity index (χ3n) is 6.50. The lowest BCUT2D eigenvalue weighted by Crippen LogP contribution is -2.44. The summed E-state index contributed by atoms with van der Waals surface area (Å²) in [4.78, 5) is 29.4. The third-order valence-corrected chi connectivity index (χ3v) is 6.50. The average molecular weight is 469 g/mol. The number of piperazine rings is 1. The monoisotopic (exact) mass is 468 g/mol. The second-order valence-electron chi connectivity index (χ2n) is 9.05. The largest absolute Gasteiger partial charge is 0.368 e. The van der Waals surface area contributed by atoms with Crippen molar-refractivity contribution in [3.05, 3.63) is 72.1 Å². The van der Waals surface area contributed by atoms with Crippen LogP contribution in [0.15, 0.2) is 60.7 Å². The zero-order valence-corrected chi connectivity index (χ0v) is 19.4. The van der Waals surface area contributed by atoms with Gasteiger partial charge in [0.15, 0.2) is 5.82 Å². The molecule has 178 valence electrons. The number of hydrogen-bond acceptors (Lipinski definition) is 7. The smallest absolute Gasteiger partial charge is 0.324 e. The van der Waals surface area contributed by atoms with Gasteiger partial charge in [-0.1, -0.05) is 24.3 Å². The summed E-state index contributed by atoms with van der Waals surface area (Å²) in [6.07, 6.45) is 10.2. The fourth-order valence-electron chi connectivity index (χ4n) is 4.61. The number of nitrogens with zero attached hydrogens (tertiary/aromatic N) is 4. The van der Waals surface area contributed by atoms with Crippen molar-refractivity contribution in [1.82, 2.24) is 30.9 Å². The van der Waals surface area contributed by atoms with E-state index in [0.29, 0.717) is 24.1 Å². The van der Waals surface area contributed by atoms with Crippen LogP contribution in [-0.2, 0) is 0 Å². The van der Waals surface area contributed by atoms with Crippen LogP contribution in [0, 0.1) is 0 Å². The average Bonchev–Trinajstić information content (AvgIpc) is 3.74. The zero-order valence-electron chi connectivity index (χ0n) is 19.4. The molecular weight excluding hydrogens is 440 g/mol. The highest BCUT2D eigenvalue weighted by molar-refractivity contribution is 5.94. The molecule has 0 bridgehead atoms. The van der Waals surface area contributed by atoms with Crippen LogP contribution in [0.25, 0.3) is 16.5 Å². The van der Waals surface area contributed by atoms with Gasteiger partial charge in [-0.05, 0) is 42.5 Å². The minimum Gasteiger partial charge on any atom is -0.368 e. The molecule has 9 heteroatoms. The van der Waals surface area contributed by atoms with Gasteiger partial charge in [-0.3, -0.25) is 10.3 Å². The second-order valence-corrected chi connectivity index (χ2v) is 9.05. The van der Waals surface area contributed by atoms with E-state index in [0.717, 1.165) is 54.2 Å². The Kier molecular flexibility index (Phi) is 5.75. The van der Waals surface area contributed by atoms with Crippen LogP contribution in [0.2, 0.25) is 0 Å². The Morgan fingerprint density at radius 1 is 1.03 bits per heavy atom. The number of carbonyl (C=O) groups is 1. The lowest BCUT2D eigenvalue weighted by Gasteiger charge is -2.30. The Hall–Kier alpha value is -3.98. The van der Waals surface area contributed by atoms with Crippen molar-refractivity contribution >= 4 is 34.0 Å². The first-order valence-corrected chi connectivity index (χ1v) is 12.1. The van der Waals surface area contributed by atoms with Gasteiger partial charge in [0.05, 0.1) is 11.7 Å². The molecule has 0 unspecified atom stereocenters. The van der Waals surface area contributed by atoms with Crippen LogP contribution in [0.3, 0.4) is 0 Å². The van der Waals surface area contributed by atoms with Crippen molar-refractivity contribution in [2.24, 2.45) is 0 Å². The van der Waals surface area contributed by atoms with Gasteiger partial charge >= 0.3 is 6.03 Å². The lowest BCUT2D eigenvalue weighted by atomic mass is 10.1. The number of fused-ring (bicyclic) bond motifs is 1. The molecule has 35 heavy (non-hydrogen) atoms. The van der Waals surface area contributed by atoms with Crippen LogP contribution in [0.1, 0.15) is 30.1 Å². The number of benzene rings is 1. The number of aromatic nitrogens is 3. The standard InChI is InChI=1S/C26H28N8O/c35-26(30-19-4-2-1-3-5-19)32-22-14-18(8-9-29-22)24-31-21-16-28-15-20(17-6-7-17)23(21)25(33-24)34-12-10-27-11-13-34/h1-5,8,14-17,27,29H,6-7,9-13H2,(H2,30,32,35). The molecule has 1 aliphatic carbocycles. The number of dihydropyridines is 1. The molecule has 1 saturated carbocycles. The summed E-state index contributed by atoms with van der Waals surface area (Å²) in [6.45, 7) is 4.24. The van der Waals surface area contributed by atoms with Gasteiger partial charge < -0.3 is 20.9 Å². The van der Waals surface area contributed by atoms with Gasteiger partial charge in [-0.15, -0.1) is 0 Å². The van der Waals surface area contributed by atoms with E-state index in [-0.39, 0.29) is 6.03 Å². The molecule has 0 atom stereocenters. The molecule has 2 aliphatic heterocycles. The van der Waals surface area contributed by atoms with E-state index in [4.69, 9.17) is 9.97 Å². The van der Waals surface area contributed by atoms with Gasteiger partial charge in [0, 0.05) is 55.6 Å². The zero-order chi connectivity index (χ0) is 23.6. The minimum absolute atomic E-state index is 0.310. The molecule has 2 aromatic heterocycles. The highest BCUT2D eigenvalue weighted by Crippen LogP contribution is 2.44. The van der Waals surface area contributed by atoms with Crippen molar-refractivity contribution in [1.29, 1.82) is 0 Å². The predicted octanol–water partition coefficient (Wildman–Crippen LogP) is 2.96. The Balaban J connectivity index is 1.32. The molecule has 2 amide bonds. The molecule has 4 heterocycles. The molecule has 0 spiro atoms. The fourth-order valence-corrected chi connectivity index (χ4v) is 4.61. The normalized spacial score (nSPS) is 17.9. The van der Waals surface area contributed by atoms with Crippen molar-refractivity contribution in [2.75, 3.05) is 42.9 Å². The van der Waals surface area contributed by atoms with Crippen molar-refractivity contribution < 1.29 is 4.79 Å². The molecule has 1 saturated heterocycles. The molecule has 3 aliphatic rings. The Bertz CT molecular complexity index is 1310. The molecule has 1 aromatic carbocycles. The summed E-state index contributed by atoms with van der Waals surface area (Å²) < 4.78 is 0. The molecule has 9 nitrogen and oxygen atoms in total. The number of carbonyl (C=O) groups excluding carboxylic acids is 1. The number of allylic oxidation sites excluding steroid dienone is 2. The first kappa shape index (κ1) is 21.5. The summed E-state index contributed by atoms with van der Waals surface area (Å²) in [6, 6.07) is 9.05. The topological polar surface area (TPSA) is 107 Å². The molecular formula is C26H28N8O. The number of hydrogen-bond donors (Lipinski definition) is 4. The van der Waals surface area contributed by atoms with E-state index in [1.54, 1.807) is 0 Å². The number of para-hydroxylation sites is 1. The van der Waals surface area contributed by atoms with E-state index in [1.807, 2.05) is 54.9 Å². The molecule has 0 radical (unpaired) electrons. The quantitative estimate of drug-likeness (QED) is 0.456. The van der Waals surface area contributed by atoms with Gasteiger partial charge in [0.1, 0.15) is 11.6 Å². The van der Waals surface area contributed by atoms with Crippen molar-refractivity contribution in [3.8, 4) is 0 Å². The van der Waals surface area contributed by atoms with Crippen molar-refractivity contribution in [2.45, 2.75) is 18.8 Å². The lowest BCUT2D eigenvalue weighted by molar-refractivity contribution is 0.253. The fraction of sp³-hybridized carbons (Fsp3) is 0.308. The van der Waals surface area contributed by atoms with E-state index < -0.39 is 0 Å². The summed E-state index contributed by atoms with van der Waals surface area (Å²) >= 11 is 0. The van der Waals surface area contributed by atoms with Crippen LogP contribution in [-0.4, -0.2) is 53.7 Å². The third kappa shape index (κ3) is 4.67. The van der Waals surface area contributed by atoms with E-state index in [1.165, 1.54) is 18.4 Å². The Morgan fingerprint density at radius 3 is 2.66 bits per heavy atom. The Morgan fingerprint density at radius 2 is 1.86 bits per heavy atom. The van der Waals surface area contributed by atoms with Gasteiger partial charge in [0.25, 0.3) is 0 Å². The molecule has 3 aromatic rings. The van der Waals surface area contributed by atoms with Crippen LogP contribution < -0.4 is 26.2 Å². The number of amides is 2. The minimum atomic E-state index is -0.310. The van der Waals surface area contributed by atoms with E-state index >= 15 is 0 Å². The maximum absolute atomic E-state index is 12.5. The second kappa shape index (κ2) is 9.34. The van der Waals surface area contributed by atoms with Crippen LogP contribution in [0.5, 0.6) is 0 Å². The Labute approximate surface area is 203 Å². The first-order chi connectivity index (χ1) is 17.2. The number of pyridine rings is 1. The summed E-state index contributed by atoms with van der Waals surface area (Å²) in [7, 11) is 0. The van der Waals surface area contributed by atoms with E-state index in [2.05, 4.69) is 31.2 Å². The molecule has 4 N–H and O–H groups in total. The highest BCUT2D eigenvalue weighted by Gasteiger charge is 2.29. The van der Waals surface area contributed by atoms with Crippen molar-refractivity contribution in [3.63, 3.8) is 0 Å². The number of rotatable bonds is 5. The van der Waals surface area contributed by atoms with Crippen LogP contribution in [0.4, 0.5) is 16.3 Å². The predicted molar refractivity (Wildman–Crippen MR) is 137 cm³/mol. The number of nitrogens with one attached hydrogen (secondary N) is 4. The summed E-state index contributed by atoms with van der Waals surface area (Å²) in [5, 5.41) is 13.5.